The van der Waals surface area contributed by atoms with Crippen molar-refractivity contribution in [3.63, 3.8) is 0 Å². The van der Waals surface area contributed by atoms with Crippen LogP contribution >= 0.6 is 27.3 Å². The zero-order valence-electron chi connectivity index (χ0n) is 13.5. The average Bonchev–Trinajstić information content (AvgIpc) is 3.04. The Balaban J connectivity index is 1.60. The van der Waals surface area contributed by atoms with Crippen molar-refractivity contribution in [2.45, 2.75) is 12.8 Å². The summed E-state index contributed by atoms with van der Waals surface area (Å²) >= 11 is 4.96. The van der Waals surface area contributed by atoms with Crippen LogP contribution in [0.25, 0.3) is 11.3 Å². The minimum absolute atomic E-state index is 0.178. The Bertz CT molecular complexity index is 968. The second-order valence-corrected chi connectivity index (χ2v) is 7.69. The number of aromatic nitrogens is 1. The van der Waals surface area contributed by atoms with E-state index < -0.39 is 0 Å². The van der Waals surface area contributed by atoms with Crippen LogP contribution in [0.15, 0.2) is 46.9 Å². The molecule has 0 bridgehead atoms. The van der Waals surface area contributed by atoms with Gasteiger partial charge in [0.1, 0.15) is 5.75 Å². The molecule has 6 heteroatoms. The normalized spacial score (nSPS) is 12.2. The molecule has 25 heavy (non-hydrogen) atoms. The first-order valence-electron chi connectivity index (χ1n) is 7.88. The maximum absolute atomic E-state index is 12.5. The second kappa shape index (κ2) is 6.61. The van der Waals surface area contributed by atoms with E-state index in [4.69, 9.17) is 4.74 Å². The van der Waals surface area contributed by atoms with E-state index in [1.54, 1.807) is 36.6 Å². The van der Waals surface area contributed by atoms with E-state index in [0.29, 0.717) is 16.4 Å². The number of methoxy groups -OCH3 is 1. The van der Waals surface area contributed by atoms with Crippen molar-refractivity contribution in [3.8, 4) is 17.0 Å². The molecule has 1 aliphatic rings. The van der Waals surface area contributed by atoms with Gasteiger partial charge in [-0.3, -0.25) is 10.1 Å². The summed E-state index contributed by atoms with van der Waals surface area (Å²) in [5.41, 5.74) is 4.05. The molecule has 126 valence electrons. The smallest absolute Gasteiger partial charge is 0.257 e. The number of benzene rings is 2. The van der Waals surface area contributed by atoms with Crippen molar-refractivity contribution >= 4 is 38.3 Å². The maximum Gasteiger partial charge on any atom is 0.257 e. The lowest BCUT2D eigenvalue weighted by Gasteiger charge is -2.13. The molecule has 1 heterocycles. The van der Waals surface area contributed by atoms with E-state index >= 15 is 0 Å². The van der Waals surface area contributed by atoms with Crippen molar-refractivity contribution in [3.05, 3.63) is 62.9 Å². The number of carbonyl (C=O) groups excluding carboxylic acids is 1. The molecular formula is C19H15BrN2O2S. The average molecular weight is 415 g/mol. The van der Waals surface area contributed by atoms with Crippen molar-refractivity contribution < 1.29 is 9.53 Å². The Morgan fingerprint density at radius 1 is 1.24 bits per heavy atom. The summed E-state index contributed by atoms with van der Waals surface area (Å²) in [6.45, 7) is 0. The number of fused-ring (bicyclic) bond motifs is 3. The summed E-state index contributed by atoms with van der Waals surface area (Å²) in [6.07, 6.45) is 1.98. The standard InChI is InChI=1S/C19H15BrN2O2S/c1-24-15-8-6-12(10-14(15)20)18(23)22-19-21-17-13-5-3-2-4-11(13)7-9-16(17)25-19/h2-6,8,10H,7,9H2,1H3,(H,21,22,23). The van der Waals surface area contributed by atoms with Crippen LogP contribution in [-0.2, 0) is 12.8 Å². The Hall–Kier alpha value is -2.18. The van der Waals surface area contributed by atoms with Gasteiger partial charge in [0, 0.05) is 16.0 Å². The van der Waals surface area contributed by atoms with Crippen LogP contribution in [-0.4, -0.2) is 18.0 Å². The molecule has 0 radical (unpaired) electrons. The number of hydrogen-bond donors (Lipinski definition) is 1. The first-order chi connectivity index (χ1) is 12.2. The highest BCUT2D eigenvalue weighted by molar-refractivity contribution is 9.10. The highest BCUT2D eigenvalue weighted by Crippen LogP contribution is 2.38. The molecule has 0 saturated heterocycles. The third-order valence-corrected chi connectivity index (χ3v) is 5.88. The van der Waals surface area contributed by atoms with Gasteiger partial charge in [0.2, 0.25) is 0 Å². The molecule has 1 N–H and O–H groups in total. The van der Waals surface area contributed by atoms with E-state index in [9.17, 15) is 4.79 Å². The number of anilines is 1. The fourth-order valence-corrected chi connectivity index (χ4v) is 4.49. The largest absolute Gasteiger partial charge is 0.496 e. The molecule has 0 fully saturated rings. The molecule has 4 nitrogen and oxygen atoms in total. The lowest BCUT2D eigenvalue weighted by atomic mass is 9.94. The van der Waals surface area contributed by atoms with Crippen LogP contribution in [0.5, 0.6) is 5.75 Å². The van der Waals surface area contributed by atoms with Crippen LogP contribution in [0, 0.1) is 0 Å². The molecule has 2 aromatic carbocycles. The topological polar surface area (TPSA) is 51.2 Å². The van der Waals surface area contributed by atoms with Gasteiger partial charge in [-0.05, 0) is 52.5 Å². The van der Waals surface area contributed by atoms with Crippen LogP contribution in [0.4, 0.5) is 5.13 Å². The summed E-state index contributed by atoms with van der Waals surface area (Å²) in [5.74, 6) is 0.514. The van der Waals surface area contributed by atoms with E-state index in [2.05, 4.69) is 44.4 Å². The quantitative estimate of drug-likeness (QED) is 0.660. The molecule has 0 unspecified atom stereocenters. The van der Waals surface area contributed by atoms with Crippen LogP contribution in [0.3, 0.4) is 0 Å². The minimum Gasteiger partial charge on any atom is -0.496 e. The number of nitrogens with one attached hydrogen (secondary N) is 1. The number of rotatable bonds is 3. The first kappa shape index (κ1) is 16.3. The third kappa shape index (κ3) is 3.07. The van der Waals surface area contributed by atoms with Crippen molar-refractivity contribution in [2.24, 2.45) is 0 Å². The summed E-state index contributed by atoms with van der Waals surface area (Å²) < 4.78 is 5.94. The van der Waals surface area contributed by atoms with Gasteiger partial charge in [0.05, 0.1) is 17.3 Å². The van der Waals surface area contributed by atoms with E-state index in [1.165, 1.54) is 16.0 Å². The van der Waals surface area contributed by atoms with Crippen LogP contribution in [0.2, 0.25) is 0 Å². The van der Waals surface area contributed by atoms with Crippen molar-refractivity contribution in [1.82, 2.24) is 4.98 Å². The van der Waals surface area contributed by atoms with Crippen molar-refractivity contribution in [2.75, 3.05) is 12.4 Å². The third-order valence-electron chi connectivity index (χ3n) is 4.23. The highest BCUT2D eigenvalue weighted by atomic mass is 79.9. The lowest BCUT2D eigenvalue weighted by molar-refractivity contribution is 0.102. The summed E-state index contributed by atoms with van der Waals surface area (Å²) in [5, 5.41) is 3.56. The number of halogens is 1. The van der Waals surface area contributed by atoms with Gasteiger partial charge >= 0.3 is 0 Å². The first-order valence-corrected chi connectivity index (χ1v) is 9.49. The van der Waals surface area contributed by atoms with Gasteiger partial charge in [-0.25, -0.2) is 4.98 Å². The van der Waals surface area contributed by atoms with Crippen molar-refractivity contribution in [1.29, 1.82) is 0 Å². The lowest BCUT2D eigenvalue weighted by Crippen LogP contribution is -2.11. The summed E-state index contributed by atoms with van der Waals surface area (Å²) in [4.78, 5) is 18.4. The Morgan fingerprint density at radius 3 is 2.88 bits per heavy atom. The number of nitrogens with zero attached hydrogens (tertiary/aromatic N) is 1. The van der Waals surface area contributed by atoms with Crippen LogP contribution in [0.1, 0.15) is 20.8 Å². The molecule has 1 amide bonds. The number of carbonyl (C=O) groups is 1. The second-order valence-electron chi connectivity index (χ2n) is 5.75. The number of ether oxygens (including phenoxy) is 1. The van der Waals surface area contributed by atoms with E-state index in [0.717, 1.165) is 23.0 Å². The zero-order chi connectivity index (χ0) is 17.4. The minimum atomic E-state index is -0.178. The van der Waals surface area contributed by atoms with Gasteiger partial charge in [-0.2, -0.15) is 0 Å². The SMILES string of the molecule is COc1ccc(C(=O)Nc2nc3c(s2)CCc2ccccc2-3)cc1Br. The number of thiazole rings is 1. The van der Waals surface area contributed by atoms with Gasteiger partial charge < -0.3 is 4.74 Å². The number of aryl methyl sites for hydroxylation is 2. The molecule has 1 aromatic heterocycles. The fraction of sp³-hybridized carbons (Fsp3) is 0.158. The predicted molar refractivity (Wildman–Crippen MR) is 104 cm³/mol. The van der Waals surface area contributed by atoms with E-state index in [1.807, 2.05) is 6.07 Å². The molecule has 1 aliphatic carbocycles. The Labute approximate surface area is 158 Å². The highest BCUT2D eigenvalue weighted by Gasteiger charge is 2.21. The zero-order valence-corrected chi connectivity index (χ0v) is 15.9. The summed E-state index contributed by atoms with van der Waals surface area (Å²) in [6, 6.07) is 13.6. The molecule has 0 atom stereocenters. The molecule has 0 spiro atoms. The molecule has 3 aromatic rings. The molecule has 0 saturated carbocycles. The fourth-order valence-electron chi connectivity index (χ4n) is 2.98. The monoisotopic (exact) mass is 414 g/mol. The number of amides is 1. The molecule has 0 aliphatic heterocycles. The number of hydrogen-bond acceptors (Lipinski definition) is 4. The maximum atomic E-state index is 12.5. The van der Waals surface area contributed by atoms with E-state index in [-0.39, 0.29) is 5.91 Å². The summed E-state index contributed by atoms with van der Waals surface area (Å²) in [7, 11) is 1.60. The molecular weight excluding hydrogens is 400 g/mol. The van der Waals surface area contributed by atoms with Gasteiger partial charge in [-0.1, -0.05) is 24.3 Å². The van der Waals surface area contributed by atoms with Crippen LogP contribution < -0.4 is 10.1 Å². The Kier molecular flexibility index (Phi) is 4.31. The molecule has 4 rings (SSSR count). The Morgan fingerprint density at radius 2 is 2.08 bits per heavy atom. The predicted octanol–water partition coefficient (Wildman–Crippen LogP) is 4.93. The van der Waals surface area contributed by atoms with Gasteiger partial charge in [0.15, 0.2) is 5.13 Å². The van der Waals surface area contributed by atoms with Gasteiger partial charge in [0.25, 0.3) is 5.91 Å². The van der Waals surface area contributed by atoms with Gasteiger partial charge in [-0.15, -0.1) is 11.3 Å².